The zero-order chi connectivity index (χ0) is 15.2. The first-order chi connectivity index (χ1) is 10.0. The lowest BCUT2D eigenvalue weighted by Crippen LogP contribution is -2.48. The molecule has 7 heteroatoms. The number of hydrogen-bond donors (Lipinski definition) is 1. The molecular weight excluding hydrogens is 357 g/mol. The van der Waals surface area contributed by atoms with E-state index in [1.54, 1.807) is 0 Å². The maximum absolute atomic E-state index is 12.0. The van der Waals surface area contributed by atoms with E-state index in [9.17, 15) is 4.79 Å². The molecule has 2 N–H and O–H groups in total. The van der Waals surface area contributed by atoms with Crippen molar-refractivity contribution in [3.63, 3.8) is 0 Å². The third-order valence-electron chi connectivity index (χ3n) is 3.86. The molecule has 1 aromatic rings. The summed E-state index contributed by atoms with van der Waals surface area (Å²) in [6.07, 6.45) is 1.33. The van der Waals surface area contributed by atoms with Crippen LogP contribution in [0.15, 0.2) is 24.3 Å². The minimum absolute atomic E-state index is 0. The van der Waals surface area contributed by atoms with Crippen LogP contribution >= 0.6 is 36.4 Å². The van der Waals surface area contributed by atoms with Gasteiger partial charge in [-0.3, -0.25) is 9.69 Å². The Morgan fingerprint density at radius 3 is 2.26 bits per heavy atom. The van der Waals surface area contributed by atoms with Gasteiger partial charge in [0.25, 0.3) is 0 Å². The van der Waals surface area contributed by atoms with Crippen molar-refractivity contribution in [2.45, 2.75) is 32.4 Å². The van der Waals surface area contributed by atoms with Crippen LogP contribution in [-0.2, 0) is 11.3 Å². The van der Waals surface area contributed by atoms with Gasteiger partial charge in [-0.25, -0.2) is 0 Å². The summed E-state index contributed by atoms with van der Waals surface area (Å²) < 4.78 is 0. The van der Waals surface area contributed by atoms with Crippen LogP contribution in [0.3, 0.4) is 0 Å². The van der Waals surface area contributed by atoms with Crippen LogP contribution in [0, 0.1) is 0 Å². The van der Waals surface area contributed by atoms with Crippen LogP contribution in [0.1, 0.15) is 25.3 Å². The molecule has 1 aromatic carbocycles. The first-order valence-corrected chi connectivity index (χ1v) is 7.92. The quantitative estimate of drug-likeness (QED) is 0.852. The minimum atomic E-state index is 0. The Morgan fingerprint density at radius 2 is 1.74 bits per heavy atom. The molecule has 1 saturated heterocycles. The lowest BCUT2D eigenvalue weighted by atomic mass is 10.1. The third-order valence-corrected chi connectivity index (χ3v) is 4.11. The van der Waals surface area contributed by atoms with Crippen molar-refractivity contribution in [1.82, 2.24) is 9.80 Å². The molecule has 2 rings (SSSR count). The lowest BCUT2D eigenvalue weighted by molar-refractivity contribution is -0.133. The van der Waals surface area contributed by atoms with Gasteiger partial charge in [0.15, 0.2) is 0 Å². The summed E-state index contributed by atoms with van der Waals surface area (Å²) >= 11 is 5.89. The fourth-order valence-corrected chi connectivity index (χ4v) is 2.64. The maximum atomic E-state index is 12.0. The molecule has 1 aliphatic rings. The van der Waals surface area contributed by atoms with Gasteiger partial charge in [0, 0.05) is 50.2 Å². The highest BCUT2D eigenvalue weighted by molar-refractivity contribution is 6.30. The number of carbonyl (C=O) groups excluding carboxylic acids is 1. The van der Waals surface area contributed by atoms with Gasteiger partial charge in [-0.2, -0.15) is 0 Å². The molecule has 0 bridgehead atoms. The van der Waals surface area contributed by atoms with E-state index in [-0.39, 0.29) is 36.8 Å². The van der Waals surface area contributed by atoms with Crippen LogP contribution in [0.5, 0.6) is 0 Å². The van der Waals surface area contributed by atoms with E-state index < -0.39 is 0 Å². The van der Waals surface area contributed by atoms with Gasteiger partial charge in [-0.15, -0.1) is 24.8 Å². The minimum Gasteiger partial charge on any atom is -0.340 e. The average Bonchev–Trinajstić information content (AvgIpc) is 2.48. The molecule has 0 aromatic heterocycles. The van der Waals surface area contributed by atoms with E-state index in [1.165, 1.54) is 5.56 Å². The predicted octanol–water partition coefficient (Wildman–Crippen LogP) is 2.96. The Kier molecular flexibility index (Phi) is 10.9. The number of amides is 1. The summed E-state index contributed by atoms with van der Waals surface area (Å²) in [5, 5.41) is 0.767. The smallest absolute Gasteiger partial charge is 0.222 e. The lowest BCUT2D eigenvalue weighted by Gasteiger charge is -2.35. The van der Waals surface area contributed by atoms with Crippen molar-refractivity contribution in [2.24, 2.45) is 5.73 Å². The molecule has 1 unspecified atom stereocenters. The molecule has 132 valence electrons. The Balaban J connectivity index is 0.00000242. The van der Waals surface area contributed by atoms with Gasteiger partial charge in [-0.05, 0) is 31.0 Å². The van der Waals surface area contributed by atoms with Gasteiger partial charge in [0.05, 0.1) is 0 Å². The highest BCUT2D eigenvalue weighted by Crippen LogP contribution is 2.13. The van der Waals surface area contributed by atoms with E-state index in [4.69, 9.17) is 17.3 Å². The Morgan fingerprint density at radius 1 is 1.17 bits per heavy atom. The molecule has 0 aliphatic carbocycles. The predicted molar refractivity (Wildman–Crippen MR) is 101 cm³/mol. The van der Waals surface area contributed by atoms with E-state index >= 15 is 0 Å². The second-order valence-corrected chi connectivity index (χ2v) is 6.24. The molecule has 1 fully saturated rings. The fourth-order valence-electron chi connectivity index (χ4n) is 2.51. The number of piperazine rings is 1. The number of nitrogens with two attached hydrogens (primary N) is 1. The second kappa shape index (κ2) is 11.1. The van der Waals surface area contributed by atoms with E-state index in [0.717, 1.165) is 44.2 Å². The number of rotatable bonds is 5. The zero-order valence-corrected chi connectivity index (χ0v) is 15.8. The fraction of sp³-hybridized carbons (Fsp3) is 0.562. The molecule has 0 saturated carbocycles. The van der Waals surface area contributed by atoms with E-state index in [2.05, 4.69) is 17.0 Å². The molecule has 1 aliphatic heterocycles. The molecule has 23 heavy (non-hydrogen) atoms. The molecule has 0 spiro atoms. The number of nitrogens with zero attached hydrogens (tertiary/aromatic N) is 2. The Bertz CT molecular complexity index is 460. The number of benzene rings is 1. The third kappa shape index (κ3) is 7.73. The molecular formula is C16H26Cl3N3O. The van der Waals surface area contributed by atoms with Crippen LogP contribution < -0.4 is 5.73 Å². The zero-order valence-electron chi connectivity index (χ0n) is 13.4. The second-order valence-electron chi connectivity index (χ2n) is 5.80. The first kappa shape index (κ1) is 22.5. The largest absolute Gasteiger partial charge is 0.340 e. The summed E-state index contributed by atoms with van der Waals surface area (Å²) in [5.74, 6) is 0.235. The van der Waals surface area contributed by atoms with Crippen LogP contribution in [0.2, 0.25) is 5.02 Å². The monoisotopic (exact) mass is 381 g/mol. The summed E-state index contributed by atoms with van der Waals surface area (Å²) in [7, 11) is 0. The first-order valence-electron chi connectivity index (χ1n) is 7.55. The van der Waals surface area contributed by atoms with E-state index in [0.29, 0.717) is 6.42 Å². The number of hydrogen-bond acceptors (Lipinski definition) is 3. The number of carbonyl (C=O) groups is 1. The summed E-state index contributed by atoms with van der Waals surface area (Å²) in [6, 6.07) is 8.06. The standard InChI is InChI=1S/C16H24ClN3O.2ClH/c1-13(18)2-7-16(21)20-10-8-19(9-11-20)12-14-3-5-15(17)6-4-14;;/h3-6,13H,2,7-12,18H2,1H3;2*1H. The molecule has 1 heterocycles. The highest BCUT2D eigenvalue weighted by atomic mass is 35.5. The molecule has 1 atom stereocenters. The van der Waals surface area contributed by atoms with Crippen molar-refractivity contribution in [2.75, 3.05) is 26.2 Å². The van der Waals surface area contributed by atoms with Crippen molar-refractivity contribution in [3.8, 4) is 0 Å². The van der Waals surface area contributed by atoms with Gasteiger partial charge >= 0.3 is 0 Å². The Hall–Kier alpha value is -0.520. The number of halogens is 3. The van der Waals surface area contributed by atoms with Gasteiger partial charge < -0.3 is 10.6 Å². The van der Waals surface area contributed by atoms with Crippen LogP contribution in [0.4, 0.5) is 0 Å². The van der Waals surface area contributed by atoms with Gasteiger partial charge in [0.2, 0.25) is 5.91 Å². The molecule has 0 radical (unpaired) electrons. The van der Waals surface area contributed by atoms with Crippen LogP contribution in [0.25, 0.3) is 0 Å². The SMILES string of the molecule is CC(N)CCC(=O)N1CCN(Cc2ccc(Cl)cc2)CC1.Cl.Cl. The van der Waals surface area contributed by atoms with Crippen molar-refractivity contribution in [3.05, 3.63) is 34.9 Å². The highest BCUT2D eigenvalue weighted by Gasteiger charge is 2.20. The normalized spacial score (nSPS) is 16.2. The summed E-state index contributed by atoms with van der Waals surface area (Å²) in [6.45, 7) is 6.33. The van der Waals surface area contributed by atoms with Crippen molar-refractivity contribution in [1.29, 1.82) is 0 Å². The van der Waals surface area contributed by atoms with Gasteiger partial charge in [-0.1, -0.05) is 23.7 Å². The van der Waals surface area contributed by atoms with Crippen LogP contribution in [-0.4, -0.2) is 47.9 Å². The van der Waals surface area contributed by atoms with E-state index in [1.807, 2.05) is 24.0 Å². The topological polar surface area (TPSA) is 49.6 Å². The average molecular weight is 383 g/mol. The molecule has 1 amide bonds. The van der Waals surface area contributed by atoms with Crippen molar-refractivity contribution < 1.29 is 4.79 Å². The van der Waals surface area contributed by atoms with Gasteiger partial charge in [0.1, 0.15) is 0 Å². The summed E-state index contributed by atoms with van der Waals surface area (Å²) in [5.41, 5.74) is 6.96. The summed E-state index contributed by atoms with van der Waals surface area (Å²) in [4.78, 5) is 16.4. The Labute approximate surface area is 156 Å². The van der Waals surface area contributed by atoms with Crippen molar-refractivity contribution >= 4 is 42.3 Å². The molecule has 4 nitrogen and oxygen atoms in total. The maximum Gasteiger partial charge on any atom is 0.222 e.